The number of unbranched alkanes of at least 4 members (excludes halogenated alkanes) is 2. The number of carbonyl (C=O) groups is 2. The Bertz CT molecular complexity index is 234. The molecule has 1 amide bonds. The summed E-state index contributed by atoms with van der Waals surface area (Å²) < 4.78 is 0.514. The summed E-state index contributed by atoms with van der Waals surface area (Å²) in [5.74, 6) is 0.412. The summed E-state index contributed by atoms with van der Waals surface area (Å²) in [4.78, 5) is 22.5. The molecular formula is C12H22INO2. The van der Waals surface area contributed by atoms with E-state index in [1.165, 1.54) is 0 Å². The van der Waals surface area contributed by atoms with E-state index in [-0.39, 0.29) is 11.3 Å². The zero-order valence-corrected chi connectivity index (χ0v) is 12.6. The van der Waals surface area contributed by atoms with Gasteiger partial charge in [0.25, 0.3) is 0 Å². The van der Waals surface area contributed by atoms with E-state index < -0.39 is 0 Å². The number of hydrogen-bond donors (Lipinski definition) is 1. The first-order chi connectivity index (χ1) is 7.38. The van der Waals surface area contributed by atoms with Crippen LogP contribution in [0.3, 0.4) is 0 Å². The van der Waals surface area contributed by atoms with Crippen molar-refractivity contribution < 1.29 is 9.59 Å². The molecule has 3 nitrogen and oxygen atoms in total. The number of carbonyl (C=O) groups excluding carboxylic acids is 2. The highest BCUT2D eigenvalue weighted by molar-refractivity contribution is 14.1. The van der Waals surface area contributed by atoms with Crippen molar-refractivity contribution in [3.05, 3.63) is 0 Å². The fraction of sp³-hybridized carbons (Fsp3) is 0.833. The highest BCUT2D eigenvalue weighted by Gasteiger charge is 2.19. The number of alkyl halides is 1. The Kier molecular flexibility index (Phi) is 7.97. The molecule has 0 aliphatic heterocycles. The summed E-state index contributed by atoms with van der Waals surface area (Å²) >= 11 is 2.04. The molecule has 0 atom stereocenters. The van der Waals surface area contributed by atoms with Gasteiger partial charge in [-0.25, -0.2) is 0 Å². The Labute approximate surface area is 112 Å². The molecule has 0 spiro atoms. The quantitative estimate of drug-likeness (QED) is 0.440. The van der Waals surface area contributed by atoms with Gasteiger partial charge in [-0.2, -0.15) is 0 Å². The molecule has 0 aliphatic rings. The average molecular weight is 339 g/mol. The third-order valence-electron chi connectivity index (χ3n) is 2.36. The minimum absolute atomic E-state index is 0.0892. The lowest BCUT2D eigenvalue weighted by atomic mass is 9.88. The van der Waals surface area contributed by atoms with Crippen LogP contribution in [0.2, 0.25) is 0 Å². The lowest BCUT2D eigenvalue weighted by Gasteiger charge is -2.16. The van der Waals surface area contributed by atoms with E-state index in [4.69, 9.17) is 0 Å². The third kappa shape index (κ3) is 8.07. The van der Waals surface area contributed by atoms with Crippen molar-refractivity contribution in [1.82, 2.24) is 5.32 Å². The number of rotatable bonds is 7. The molecular weight excluding hydrogens is 317 g/mol. The van der Waals surface area contributed by atoms with E-state index in [0.717, 1.165) is 25.8 Å². The van der Waals surface area contributed by atoms with Gasteiger partial charge in [-0.15, -0.1) is 0 Å². The first-order valence-corrected chi connectivity index (χ1v) is 7.26. The van der Waals surface area contributed by atoms with Crippen molar-refractivity contribution >= 4 is 34.3 Å². The summed E-state index contributed by atoms with van der Waals surface area (Å²) in [6.45, 7) is 6.59. The lowest BCUT2D eigenvalue weighted by molar-refractivity contribution is -0.126. The molecule has 0 saturated heterocycles. The predicted molar refractivity (Wildman–Crippen MR) is 74.8 cm³/mol. The average Bonchev–Trinajstić information content (AvgIpc) is 2.20. The normalized spacial score (nSPS) is 11.2. The van der Waals surface area contributed by atoms with Gasteiger partial charge in [-0.3, -0.25) is 9.59 Å². The Morgan fingerprint density at radius 3 is 2.25 bits per heavy atom. The van der Waals surface area contributed by atoms with Gasteiger partial charge in [0.15, 0.2) is 0 Å². The predicted octanol–water partition coefficient (Wildman–Crippen LogP) is 2.71. The number of Topliss-reactive ketones (excluding diaryl/α,β-unsaturated/α-hetero) is 1. The highest BCUT2D eigenvalue weighted by Crippen LogP contribution is 2.18. The van der Waals surface area contributed by atoms with Crippen LogP contribution >= 0.6 is 22.6 Å². The van der Waals surface area contributed by atoms with Crippen molar-refractivity contribution in [2.45, 2.75) is 46.5 Å². The van der Waals surface area contributed by atoms with Gasteiger partial charge in [-0.05, 0) is 12.8 Å². The first-order valence-electron chi connectivity index (χ1n) is 5.74. The molecule has 0 fully saturated rings. The molecule has 0 aromatic heterocycles. The molecule has 94 valence electrons. The van der Waals surface area contributed by atoms with Gasteiger partial charge in [0.1, 0.15) is 5.78 Å². The number of halogens is 1. The van der Waals surface area contributed by atoms with E-state index in [0.29, 0.717) is 16.6 Å². The van der Waals surface area contributed by atoms with Gasteiger partial charge in [0.05, 0.1) is 4.43 Å². The molecule has 0 aromatic carbocycles. The minimum Gasteiger partial charge on any atom is -0.355 e. The van der Waals surface area contributed by atoms with Crippen molar-refractivity contribution in [2.24, 2.45) is 5.41 Å². The van der Waals surface area contributed by atoms with Crippen LogP contribution in [0.25, 0.3) is 0 Å². The van der Waals surface area contributed by atoms with E-state index in [2.05, 4.69) is 5.32 Å². The monoisotopic (exact) mass is 339 g/mol. The van der Waals surface area contributed by atoms with Gasteiger partial charge < -0.3 is 5.32 Å². The van der Waals surface area contributed by atoms with Crippen molar-refractivity contribution in [3.8, 4) is 0 Å². The van der Waals surface area contributed by atoms with Crippen LogP contribution in [0.1, 0.15) is 46.5 Å². The van der Waals surface area contributed by atoms with Gasteiger partial charge in [0, 0.05) is 18.4 Å². The minimum atomic E-state index is -0.213. The Morgan fingerprint density at radius 1 is 1.12 bits per heavy atom. The molecule has 0 saturated carbocycles. The topological polar surface area (TPSA) is 46.2 Å². The first kappa shape index (κ1) is 15.9. The second-order valence-electron chi connectivity index (χ2n) is 4.97. The molecule has 1 N–H and O–H groups in total. The van der Waals surface area contributed by atoms with Gasteiger partial charge >= 0.3 is 0 Å². The lowest BCUT2D eigenvalue weighted by Crippen LogP contribution is -2.25. The van der Waals surface area contributed by atoms with Crippen LogP contribution in [0, 0.1) is 5.41 Å². The van der Waals surface area contributed by atoms with E-state index >= 15 is 0 Å². The number of amides is 1. The maximum Gasteiger partial charge on any atom is 0.229 e. The molecule has 0 aromatic rings. The van der Waals surface area contributed by atoms with Crippen LogP contribution in [0.15, 0.2) is 0 Å². The molecule has 0 radical (unpaired) electrons. The Hall–Kier alpha value is -0.130. The third-order valence-corrected chi connectivity index (χ3v) is 3.05. The SMILES string of the molecule is CC(C)(C)C(=O)CCCCCNC(=O)CI. The zero-order chi connectivity index (χ0) is 12.6. The molecule has 16 heavy (non-hydrogen) atoms. The fourth-order valence-electron chi connectivity index (χ4n) is 1.24. The van der Waals surface area contributed by atoms with Crippen molar-refractivity contribution in [2.75, 3.05) is 11.0 Å². The van der Waals surface area contributed by atoms with Crippen LogP contribution in [0.5, 0.6) is 0 Å². The molecule has 4 heteroatoms. The number of nitrogens with one attached hydrogen (secondary N) is 1. The summed E-state index contributed by atoms with van der Waals surface area (Å²) in [6, 6.07) is 0. The smallest absolute Gasteiger partial charge is 0.229 e. The van der Waals surface area contributed by atoms with Gasteiger partial charge in [0.2, 0.25) is 5.91 Å². The van der Waals surface area contributed by atoms with Crippen molar-refractivity contribution in [1.29, 1.82) is 0 Å². The van der Waals surface area contributed by atoms with Crippen LogP contribution in [-0.2, 0) is 9.59 Å². The molecule has 0 bridgehead atoms. The van der Waals surface area contributed by atoms with E-state index in [1.54, 1.807) is 0 Å². The zero-order valence-electron chi connectivity index (χ0n) is 10.4. The molecule has 0 rings (SSSR count). The van der Waals surface area contributed by atoms with Crippen molar-refractivity contribution in [3.63, 3.8) is 0 Å². The maximum atomic E-state index is 11.6. The Morgan fingerprint density at radius 2 is 1.75 bits per heavy atom. The molecule has 0 heterocycles. The maximum absolute atomic E-state index is 11.6. The van der Waals surface area contributed by atoms with Gasteiger partial charge in [-0.1, -0.05) is 49.8 Å². The summed E-state index contributed by atoms with van der Waals surface area (Å²) in [5.41, 5.74) is -0.213. The largest absolute Gasteiger partial charge is 0.355 e. The number of ketones is 1. The number of hydrogen-bond acceptors (Lipinski definition) is 2. The second-order valence-corrected chi connectivity index (χ2v) is 5.73. The fourth-order valence-corrected chi connectivity index (χ4v) is 1.51. The summed E-state index contributed by atoms with van der Waals surface area (Å²) in [7, 11) is 0. The van der Waals surface area contributed by atoms with E-state index in [9.17, 15) is 9.59 Å². The molecule has 0 aliphatic carbocycles. The Balaban J connectivity index is 3.41. The van der Waals surface area contributed by atoms with Crippen LogP contribution in [0.4, 0.5) is 0 Å². The standard InChI is InChI=1S/C12H22INO2/c1-12(2,3)10(15)7-5-4-6-8-14-11(16)9-13/h4-9H2,1-3H3,(H,14,16). The second kappa shape index (κ2) is 8.03. The molecule has 0 unspecified atom stereocenters. The van der Waals surface area contributed by atoms with E-state index in [1.807, 2.05) is 43.4 Å². The van der Waals surface area contributed by atoms with Crippen LogP contribution < -0.4 is 5.32 Å². The highest BCUT2D eigenvalue weighted by atomic mass is 127. The summed E-state index contributed by atoms with van der Waals surface area (Å²) in [6.07, 6.45) is 3.54. The summed E-state index contributed by atoms with van der Waals surface area (Å²) in [5, 5.41) is 2.82. The van der Waals surface area contributed by atoms with Crippen LogP contribution in [-0.4, -0.2) is 22.7 Å².